The largest absolute Gasteiger partial charge is 0.506 e. The van der Waals surface area contributed by atoms with Gasteiger partial charge in [-0.1, -0.05) is 12.8 Å². The normalized spacial score (nSPS) is 32.2. The Balaban J connectivity index is 1.88. The third kappa shape index (κ3) is 1.08. The van der Waals surface area contributed by atoms with Crippen LogP contribution < -0.4 is 0 Å². The Kier molecular flexibility index (Phi) is 1.34. The molecule has 0 aromatic rings. The summed E-state index contributed by atoms with van der Waals surface area (Å²) in [5.41, 5.74) is 0.290. The molecule has 2 fully saturated rings. The van der Waals surface area contributed by atoms with E-state index in [1.165, 1.54) is 25.7 Å². The molecule has 0 heterocycles. The number of rotatable bonds is 1. The summed E-state index contributed by atoms with van der Waals surface area (Å²) in [6.07, 6.45) is 4.73. The van der Waals surface area contributed by atoms with E-state index in [0.29, 0.717) is 5.41 Å². The van der Waals surface area contributed by atoms with Crippen LogP contribution in [0.25, 0.3) is 0 Å². The highest BCUT2D eigenvalue weighted by molar-refractivity contribution is 5.57. The van der Waals surface area contributed by atoms with Crippen molar-refractivity contribution in [3.8, 4) is 0 Å². The molecule has 2 aliphatic carbocycles. The van der Waals surface area contributed by atoms with Gasteiger partial charge in [0.1, 0.15) is 6.10 Å². The highest BCUT2D eigenvalue weighted by Crippen LogP contribution is 2.59. The molecule has 1 atom stereocenters. The van der Waals surface area contributed by atoms with Crippen molar-refractivity contribution < 1.29 is 14.6 Å². The van der Waals surface area contributed by atoms with Gasteiger partial charge in [-0.3, -0.25) is 0 Å². The maximum atomic E-state index is 10.2. The van der Waals surface area contributed by atoms with Crippen molar-refractivity contribution in [1.82, 2.24) is 0 Å². The first-order valence-corrected chi connectivity index (χ1v) is 4.13. The molecule has 62 valence electrons. The molecule has 0 aliphatic heterocycles. The second-order valence-corrected chi connectivity index (χ2v) is 3.65. The van der Waals surface area contributed by atoms with E-state index in [9.17, 15) is 4.79 Å². The summed E-state index contributed by atoms with van der Waals surface area (Å²) in [5.74, 6) is 0. The molecule has 1 unspecified atom stereocenters. The van der Waals surface area contributed by atoms with Crippen molar-refractivity contribution in [2.75, 3.05) is 0 Å². The van der Waals surface area contributed by atoms with Gasteiger partial charge in [0.25, 0.3) is 0 Å². The number of carbonyl (C=O) groups is 1. The minimum atomic E-state index is -1.11. The molecule has 0 bridgehead atoms. The summed E-state index contributed by atoms with van der Waals surface area (Å²) in [4.78, 5) is 10.2. The zero-order chi connectivity index (χ0) is 7.90. The lowest BCUT2D eigenvalue weighted by Gasteiger charge is -2.05. The van der Waals surface area contributed by atoms with Gasteiger partial charge >= 0.3 is 6.16 Å². The molecule has 2 saturated carbocycles. The molecule has 2 aliphatic rings. The lowest BCUT2D eigenvalue weighted by molar-refractivity contribution is 0.0720. The third-order valence-electron chi connectivity index (χ3n) is 2.96. The summed E-state index contributed by atoms with van der Waals surface area (Å²) in [5, 5.41) is 8.35. The van der Waals surface area contributed by atoms with Crippen molar-refractivity contribution in [3.05, 3.63) is 0 Å². The molecule has 0 amide bonds. The maximum absolute atomic E-state index is 10.2. The van der Waals surface area contributed by atoms with Gasteiger partial charge in [-0.05, 0) is 19.3 Å². The first kappa shape index (κ1) is 6.95. The number of hydrogen-bond donors (Lipinski definition) is 1. The molecule has 0 radical (unpaired) electrons. The highest BCUT2D eigenvalue weighted by Gasteiger charge is 2.57. The first-order chi connectivity index (χ1) is 5.23. The molecular formula is C8H12O3. The van der Waals surface area contributed by atoms with Crippen LogP contribution >= 0.6 is 0 Å². The van der Waals surface area contributed by atoms with Gasteiger partial charge < -0.3 is 9.84 Å². The fraction of sp³-hybridized carbons (Fsp3) is 0.875. The van der Waals surface area contributed by atoms with Crippen LogP contribution in [0.5, 0.6) is 0 Å². The topological polar surface area (TPSA) is 46.5 Å². The van der Waals surface area contributed by atoms with E-state index in [4.69, 9.17) is 9.84 Å². The van der Waals surface area contributed by atoms with Gasteiger partial charge in [0.2, 0.25) is 0 Å². The second kappa shape index (κ2) is 2.13. The van der Waals surface area contributed by atoms with Crippen molar-refractivity contribution in [2.45, 2.75) is 38.2 Å². The summed E-state index contributed by atoms with van der Waals surface area (Å²) < 4.78 is 4.72. The van der Waals surface area contributed by atoms with Gasteiger partial charge in [-0.2, -0.15) is 0 Å². The molecule has 0 aromatic carbocycles. The summed E-state index contributed by atoms with van der Waals surface area (Å²) in [7, 11) is 0. The Morgan fingerprint density at radius 1 is 1.45 bits per heavy atom. The Morgan fingerprint density at radius 2 is 2.09 bits per heavy atom. The van der Waals surface area contributed by atoms with E-state index in [0.717, 1.165) is 6.42 Å². The zero-order valence-electron chi connectivity index (χ0n) is 6.38. The van der Waals surface area contributed by atoms with Gasteiger partial charge in [0, 0.05) is 5.41 Å². The average Bonchev–Trinajstić information content (AvgIpc) is 2.43. The maximum Gasteiger partial charge on any atom is 0.506 e. The van der Waals surface area contributed by atoms with E-state index in [-0.39, 0.29) is 6.10 Å². The van der Waals surface area contributed by atoms with E-state index in [2.05, 4.69) is 0 Å². The minimum Gasteiger partial charge on any atom is -0.450 e. The van der Waals surface area contributed by atoms with Crippen LogP contribution in [-0.4, -0.2) is 17.4 Å². The average molecular weight is 156 g/mol. The third-order valence-corrected chi connectivity index (χ3v) is 2.96. The number of hydrogen-bond acceptors (Lipinski definition) is 2. The minimum absolute atomic E-state index is 0.0301. The van der Waals surface area contributed by atoms with Crippen LogP contribution in [0.4, 0.5) is 4.79 Å². The monoisotopic (exact) mass is 156 g/mol. The lowest BCUT2D eigenvalue weighted by Crippen LogP contribution is -2.09. The standard InChI is InChI=1S/C8H12O3/c9-7(10)11-6-5-8(6)3-1-2-4-8/h6H,1-5H2,(H,9,10). The van der Waals surface area contributed by atoms with E-state index in [1.807, 2.05) is 0 Å². The molecule has 0 saturated heterocycles. The van der Waals surface area contributed by atoms with E-state index >= 15 is 0 Å². The van der Waals surface area contributed by atoms with Crippen LogP contribution in [0, 0.1) is 5.41 Å². The van der Waals surface area contributed by atoms with Crippen LogP contribution in [0.15, 0.2) is 0 Å². The molecule has 3 heteroatoms. The summed E-state index contributed by atoms with van der Waals surface area (Å²) in [6, 6.07) is 0. The van der Waals surface area contributed by atoms with Gasteiger partial charge in [-0.15, -0.1) is 0 Å². The molecule has 11 heavy (non-hydrogen) atoms. The van der Waals surface area contributed by atoms with Crippen molar-refractivity contribution in [3.63, 3.8) is 0 Å². The predicted octanol–water partition coefficient (Wildman–Crippen LogP) is 2.01. The van der Waals surface area contributed by atoms with Crippen molar-refractivity contribution >= 4 is 6.16 Å². The summed E-state index contributed by atoms with van der Waals surface area (Å²) in [6.45, 7) is 0. The SMILES string of the molecule is O=C(O)OC1CC12CCCC2. The quantitative estimate of drug-likeness (QED) is 0.591. The first-order valence-electron chi connectivity index (χ1n) is 4.13. The fourth-order valence-corrected chi connectivity index (χ4v) is 2.20. The second-order valence-electron chi connectivity index (χ2n) is 3.65. The predicted molar refractivity (Wildman–Crippen MR) is 38.4 cm³/mol. The molecule has 1 spiro atoms. The van der Waals surface area contributed by atoms with Crippen LogP contribution in [0.2, 0.25) is 0 Å². The van der Waals surface area contributed by atoms with Crippen LogP contribution in [0.1, 0.15) is 32.1 Å². The van der Waals surface area contributed by atoms with Crippen molar-refractivity contribution in [2.24, 2.45) is 5.41 Å². The van der Waals surface area contributed by atoms with Crippen LogP contribution in [0.3, 0.4) is 0 Å². The van der Waals surface area contributed by atoms with Gasteiger partial charge in [-0.25, -0.2) is 4.79 Å². The smallest absolute Gasteiger partial charge is 0.450 e. The number of carboxylic acid groups (broad SMARTS) is 1. The molecular weight excluding hydrogens is 144 g/mol. The Morgan fingerprint density at radius 3 is 2.64 bits per heavy atom. The van der Waals surface area contributed by atoms with Crippen LogP contribution in [-0.2, 0) is 4.74 Å². The molecule has 2 rings (SSSR count). The highest BCUT2D eigenvalue weighted by atomic mass is 16.7. The lowest BCUT2D eigenvalue weighted by atomic mass is 10.1. The van der Waals surface area contributed by atoms with Gasteiger partial charge in [0.15, 0.2) is 0 Å². The fourth-order valence-electron chi connectivity index (χ4n) is 2.20. The Bertz CT molecular complexity index is 182. The Hall–Kier alpha value is -0.730. The van der Waals surface area contributed by atoms with E-state index in [1.54, 1.807) is 0 Å². The van der Waals surface area contributed by atoms with E-state index < -0.39 is 6.16 Å². The molecule has 1 N–H and O–H groups in total. The zero-order valence-corrected chi connectivity index (χ0v) is 6.38. The summed E-state index contributed by atoms with van der Waals surface area (Å²) >= 11 is 0. The molecule has 0 aromatic heterocycles. The van der Waals surface area contributed by atoms with Gasteiger partial charge in [0.05, 0.1) is 0 Å². The van der Waals surface area contributed by atoms with Crippen molar-refractivity contribution in [1.29, 1.82) is 0 Å². The Labute approximate surface area is 65.4 Å². The molecule has 3 nitrogen and oxygen atoms in total. The number of ether oxygens (including phenoxy) is 1.